The molecule has 5 heteroatoms. The zero-order valence-electron chi connectivity index (χ0n) is 20.1. The molecule has 0 aromatic heterocycles. The molecule has 1 N–H and O–H groups in total. The van der Waals surface area contributed by atoms with E-state index in [4.69, 9.17) is 11.6 Å². The second-order valence-electron chi connectivity index (χ2n) is 10.8. The van der Waals surface area contributed by atoms with Crippen LogP contribution in [-0.2, 0) is 21.5 Å². The number of fused-ring (bicyclic) bond motifs is 5. The fourth-order valence-corrected chi connectivity index (χ4v) is 6.31. The maximum absolute atomic E-state index is 14.8. The van der Waals surface area contributed by atoms with Gasteiger partial charge in [-0.2, -0.15) is 0 Å². The molecule has 6 rings (SSSR count). The SMILES string of the molecule is Cc1ccc2c(c1)C1(C(=O)N(Cc3ccccc3)c3ccc(Cl)cc31)C1=C(CC(C)(C)CC1=O)N2. The molecule has 35 heavy (non-hydrogen) atoms. The van der Waals surface area contributed by atoms with E-state index < -0.39 is 5.41 Å². The van der Waals surface area contributed by atoms with Gasteiger partial charge < -0.3 is 10.2 Å². The van der Waals surface area contributed by atoms with Gasteiger partial charge in [0.2, 0.25) is 5.91 Å². The number of amides is 1. The molecule has 1 aliphatic carbocycles. The first-order valence-corrected chi connectivity index (χ1v) is 12.4. The number of allylic oxidation sites excluding steroid dienone is 1. The lowest BCUT2D eigenvalue weighted by molar-refractivity contribution is -0.125. The van der Waals surface area contributed by atoms with Crippen LogP contribution in [0.3, 0.4) is 0 Å². The van der Waals surface area contributed by atoms with Crippen molar-refractivity contribution in [1.29, 1.82) is 0 Å². The van der Waals surface area contributed by atoms with Crippen LogP contribution in [0, 0.1) is 12.3 Å². The van der Waals surface area contributed by atoms with Crippen molar-refractivity contribution in [3.8, 4) is 0 Å². The lowest BCUT2D eigenvalue weighted by Crippen LogP contribution is -2.49. The predicted molar refractivity (Wildman–Crippen MR) is 140 cm³/mol. The van der Waals surface area contributed by atoms with Crippen molar-refractivity contribution >= 4 is 34.7 Å². The second-order valence-corrected chi connectivity index (χ2v) is 11.2. The third-order valence-electron chi connectivity index (χ3n) is 7.52. The standard InChI is InChI=1S/C30H27ClN2O2/c1-18-9-11-23-21(13-18)30(27-24(32-23)15-29(2,3)16-26(27)34)22-14-20(31)10-12-25(22)33(28(30)35)17-19-7-5-4-6-8-19/h4-14,32H,15-17H2,1-3H3. The molecular weight excluding hydrogens is 456 g/mol. The van der Waals surface area contributed by atoms with Crippen LogP contribution in [0.25, 0.3) is 0 Å². The minimum absolute atomic E-state index is 0.0248. The number of aryl methyl sites for hydroxylation is 1. The number of nitrogens with zero attached hydrogens (tertiary/aromatic N) is 1. The summed E-state index contributed by atoms with van der Waals surface area (Å²) in [7, 11) is 0. The maximum atomic E-state index is 14.8. The molecule has 0 saturated carbocycles. The van der Waals surface area contributed by atoms with Gasteiger partial charge in [0.05, 0.1) is 6.54 Å². The smallest absolute Gasteiger partial charge is 0.247 e. The number of ketones is 1. The maximum Gasteiger partial charge on any atom is 0.247 e. The molecule has 1 atom stereocenters. The zero-order valence-corrected chi connectivity index (χ0v) is 20.9. The number of Topliss-reactive ketones (excluding diaryl/α,β-unsaturated/α-hetero) is 1. The van der Waals surface area contributed by atoms with Crippen LogP contribution in [0.1, 0.15) is 48.9 Å². The lowest BCUT2D eigenvalue weighted by atomic mass is 9.60. The van der Waals surface area contributed by atoms with Gasteiger partial charge in [-0.1, -0.05) is 73.5 Å². The van der Waals surface area contributed by atoms with Crippen LogP contribution in [0.5, 0.6) is 0 Å². The number of hydrogen-bond acceptors (Lipinski definition) is 3. The van der Waals surface area contributed by atoms with E-state index in [2.05, 4.69) is 19.2 Å². The summed E-state index contributed by atoms with van der Waals surface area (Å²) in [5.41, 5.74) is 5.40. The van der Waals surface area contributed by atoms with Gasteiger partial charge in [0.25, 0.3) is 0 Å². The first kappa shape index (κ1) is 22.1. The van der Waals surface area contributed by atoms with Crippen LogP contribution < -0.4 is 10.2 Å². The minimum Gasteiger partial charge on any atom is -0.358 e. The molecule has 4 nitrogen and oxygen atoms in total. The number of anilines is 2. The number of rotatable bonds is 2. The summed E-state index contributed by atoms with van der Waals surface area (Å²) in [5, 5.41) is 4.10. The number of nitrogens with one attached hydrogen (secondary N) is 1. The lowest BCUT2D eigenvalue weighted by Gasteiger charge is -2.44. The molecule has 1 amide bonds. The number of halogens is 1. The summed E-state index contributed by atoms with van der Waals surface area (Å²) in [6.07, 6.45) is 1.10. The van der Waals surface area contributed by atoms with Crippen LogP contribution >= 0.6 is 11.6 Å². The summed E-state index contributed by atoms with van der Waals surface area (Å²) in [4.78, 5) is 30.5. The van der Waals surface area contributed by atoms with E-state index in [1.807, 2.05) is 78.6 Å². The Kier molecular flexibility index (Phi) is 4.78. The highest BCUT2D eigenvalue weighted by Crippen LogP contribution is 2.58. The molecule has 0 saturated heterocycles. The van der Waals surface area contributed by atoms with E-state index in [1.165, 1.54) is 0 Å². The van der Waals surface area contributed by atoms with Gasteiger partial charge in [-0.3, -0.25) is 9.59 Å². The van der Waals surface area contributed by atoms with Crippen LogP contribution in [0.2, 0.25) is 5.02 Å². The molecular formula is C30H27ClN2O2. The Morgan fingerprint density at radius 1 is 0.943 bits per heavy atom. The monoisotopic (exact) mass is 482 g/mol. The summed E-state index contributed by atoms with van der Waals surface area (Å²) in [6.45, 7) is 6.66. The van der Waals surface area contributed by atoms with Crippen molar-refractivity contribution < 1.29 is 9.59 Å². The summed E-state index contributed by atoms with van der Waals surface area (Å²) < 4.78 is 0. The van der Waals surface area contributed by atoms with Crippen molar-refractivity contribution in [3.63, 3.8) is 0 Å². The fraction of sp³-hybridized carbons (Fsp3) is 0.267. The molecule has 1 spiro atoms. The van der Waals surface area contributed by atoms with E-state index in [9.17, 15) is 9.59 Å². The van der Waals surface area contributed by atoms with Gasteiger partial charge in [-0.15, -0.1) is 0 Å². The summed E-state index contributed by atoms with van der Waals surface area (Å²) >= 11 is 6.55. The average Bonchev–Trinajstić information content (AvgIpc) is 3.02. The van der Waals surface area contributed by atoms with Crippen LogP contribution in [0.4, 0.5) is 11.4 Å². The Morgan fingerprint density at radius 2 is 1.71 bits per heavy atom. The highest BCUT2D eigenvalue weighted by molar-refractivity contribution is 6.31. The molecule has 0 radical (unpaired) electrons. The normalized spacial score (nSPS) is 22.1. The third kappa shape index (κ3) is 3.20. The molecule has 0 fully saturated rings. The Balaban J connectivity index is 1.67. The molecule has 1 unspecified atom stereocenters. The molecule has 0 bridgehead atoms. The molecule has 2 aliphatic heterocycles. The molecule has 3 aliphatic rings. The Morgan fingerprint density at radius 3 is 2.49 bits per heavy atom. The van der Waals surface area contributed by atoms with Gasteiger partial charge in [0.15, 0.2) is 5.78 Å². The van der Waals surface area contributed by atoms with Gasteiger partial charge in [-0.05, 0) is 48.6 Å². The third-order valence-corrected chi connectivity index (χ3v) is 7.75. The van der Waals surface area contributed by atoms with Gasteiger partial charge in [-0.25, -0.2) is 0 Å². The van der Waals surface area contributed by atoms with E-state index in [0.29, 0.717) is 30.0 Å². The average molecular weight is 483 g/mol. The van der Waals surface area contributed by atoms with Crippen molar-refractivity contribution in [2.75, 3.05) is 10.2 Å². The summed E-state index contributed by atoms with van der Waals surface area (Å²) in [5.74, 6) is -0.0655. The molecule has 3 aromatic rings. The number of carbonyl (C=O) groups excluding carboxylic acids is 2. The minimum atomic E-state index is -1.22. The Bertz CT molecular complexity index is 1440. The zero-order chi connectivity index (χ0) is 24.5. The van der Waals surface area contributed by atoms with E-state index in [1.54, 1.807) is 0 Å². The van der Waals surface area contributed by atoms with Gasteiger partial charge >= 0.3 is 0 Å². The Labute approximate surface area is 210 Å². The van der Waals surface area contributed by atoms with Crippen molar-refractivity contribution in [1.82, 2.24) is 0 Å². The van der Waals surface area contributed by atoms with Gasteiger partial charge in [0.1, 0.15) is 5.41 Å². The van der Waals surface area contributed by atoms with E-state index >= 15 is 0 Å². The largest absolute Gasteiger partial charge is 0.358 e. The highest BCUT2D eigenvalue weighted by Gasteiger charge is 2.60. The van der Waals surface area contributed by atoms with Crippen molar-refractivity contribution in [3.05, 3.63) is 105 Å². The topological polar surface area (TPSA) is 49.4 Å². The molecule has 176 valence electrons. The first-order valence-electron chi connectivity index (χ1n) is 12.0. The number of benzene rings is 3. The van der Waals surface area contributed by atoms with Crippen molar-refractivity contribution in [2.24, 2.45) is 5.41 Å². The summed E-state index contributed by atoms with van der Waals surface area (Å²) in [6, 6.07) is 21.7. The number of hydrogen-bond donors (Lipinski definition) is 1. The molecule has 3 aromatic carbocycles. The van der Waals surface area contributed by atoms with E-state index in [0.717, 1.165) is 39.3 Å². The highest BCUT2D eigenvalue weighted by atomic mass is 35.5. The second kappa shape index (κ2) is 7.56. The molecule has 2 heterocycles. The number of carbonyl (C=O) groups is 2. The van der Waals surface area contributed by atoms with E-state index in [-0.39, 0.29) is 17.1 Å². The fourth-order valence-electron chi connectivity index (χ4n) is 6.13. The quantitative estimate of drug-likeness (QED) is 0.450. The van der Waals surface area contributed by atoms with Crippen molar-refractivity contribution in [2.45, 2.75) is 45.6 Å². The first-order chi connectivity index (χ1) is 16.7. The van der Waals surface area contributed by atoms with Gasteiger partial charge in [0, 0.05) is 45.2 Å². The Hall–Kier alpha value is -3.37. The van der Waals surface area contributed by atoms with Crippen LogP contribution in [-0.4, -0.2) is 11.7 Å². The van der Waals surface area contributed by atoms with Crippen LogP contribution in [0.15, 0.2) is 78.0 Å². The predicted octanol–water partition coefficient (Wildman–Crippen LogP) is 6.55.